The zero-order valence-corrected chi connectivity index (χ0v) is 16.3. The lowest BCUT2D eigenvalue weighted by Crippen LogP contribution is -2.39. The number of aliphatic hydroxyl groups excluding tert-OH is 2. The molecule has 0 aromatic heterocycles. The Morgan fingerprint density at radius 2 is 2.11 bits per heavy atom. The summed E-state index contributed by atoms with van der Waals surface area (Å²) in [6, 6.07) is -0.400. The fourth-order valence-electron chi connectivity index (χ4n) is 3.44. The summed E-state index contributed by atoms with van der Waals surface area (Å²) in [5.41, 5.74) is 3.62. The predicted molar refractivity (Wildman–Crippen MR) is 108 cm³/mol. The highest BCUT2D eigenvalue weighted by atomic mass is 16.5. The highest BCUT2D eigenvalue weighted by molar-refractivity contribution is 6.02. The number of aliphatic imine (C=N–C) groups is 1. The van der Waals surface area contributed by atoms with Crippen LogP contribution in [0.1, 0.15) is 40.0 Å². The molecule has 1 aliphatic heterocycles. The van der Waals surface area contributed by atoms with Crippen LogP contribution in [-0.4, -0.2) is 41.5 Å². The summed E-state index contributed by atoms with van der Waals surface area (Å²) in [7, 11) is 0. The van der Waals surface area contributed by atoms with Crippen molar-refractivity contribution in [3.63, 3.8) is 0 Å². The maximum absolute atomic E-state index is 13.1. The van der Waals surface area contributed by atoms with Crippen LogP contribution in [-0.2, 0) is 9.53 Å². The van der Waals surface area contributed by atoms with Crippen molar-refractivity contribution >= 4 is 12.5 Å². The van der Waals surface area contributed by atoms with Gasteiger partial charge >= 0.3 is 0 Å². The topological polar surface area (TPSA) is 79.1 Å². The van der Waals surface area contributed by atoms with Gasteiger partial charge in [0.15, 0.2) is 5.78 Å². The minimum Gasteiger partial charge on any atom is -0.513 e. The van der Waals surface area contributed by atoms with Crippen LogP contribution in [0, 0.1) is 5.92 Å². The molecule has 0 saturated carbocycles. The smallest absolute Gasteiger partial charge is 0.175 e. The predicted octanol–water partition coefficient (Wildman–Crippen LogP) is 3.98. The molecule has 0 saturated heterocycles. The van der Waals surface area contributed by atoms with Crippen molar-refractivity contribution in [1.29, 1.82) is 0 Å². The lowest BCUT2D eigenvalue weighted by atomic mass is 9.75. The van der Waals surface area contributed by atoms with Crippen LogP contribution in [0.15, 0.2) is 63.6 Å². The molecular weight excluding hydrogens is 342 g/mol. The summed E-state index contributed by atoms with van der Waals surface area (Å²) < 4.78 is 5.83. The fourth-order valence-corrected chi connectivity index (χ4v) is 3.44. The van der Waals surface area contributed by atoms with Gasteiger partial charge < -0.3 is 14.9 Å². The molecule has 3 aliphatic rings. The van der Waals surface area contributed by atoms with E-state index in [2.05, 4.69) is 29.9 Å². The van der Waals surface area contributed by atoms with Gasteiger partial charge in [-0.1, -0.05) is 18.2 Å². The average Bonchev–Trinajstić information content (AvgIpc) is 2.66. The molecular formula is C22H29NO4. The first-order valence-electron chi connectivity index (χ1n) is 9.34. The second kappa shape index (κ2) is 9.51. The number of Topliss-reactive ketones (excluding diaryl/α,β-unsaturated/α-hetero) is 1. The second-order valence-corrected chi connectivity index (χ2v) is 6.88. The van der Waals surface area contributed by atoms with Gasteiger partial charge in [-0.05, 0) is 69.5 Å². The Morgan fingerprint density at radius 3 is 2.74 bits per heavy atom. The molecule has 3 unspecified atom stereocenters. The van der Waals surface area contributed by atoms with E-state index in [1.807, 2.05) is 13.0 Å². The SMILES string of the molecule is C=NC(C/C(C)=C(\C)O)C1=COC2C=CC3=C(C=CCC3)C2C1=O.CCO. The van der Waals surface area contributed by atoms with E-state index in [9.17, 15) is 9.90 Å². The van der Waals surface area contributed by atoms with E-state index < -0.39 is 6.04 Å². The Bertz CT molecular complexity index is 735. The van der Waals surface area contributed by atoms with Gasteiger partial charge in [0, 0.05) is 6.61 Å². The lowest BCUT2D eigenvalue weighted by molar-refractivity contribution is -0.122. The quantitative estimate of drug-likeness (QED) is 0.579. The van der Waals surface area contributed by atoms with Crippen LogP contribution in [0.25, 0.3) is 0 Å². The number of ether oxygens (including phenoxy) is 1. The molecule has 3 rings (SSSR count). The Kier molecular flexibility index (Phi) is 7.36. The molecule has 0 bridgehead atoms. The monoisotopic (exact) mass is 371 g/mol. The standard InChI is InChI=1S/C20H23NO3.C2H6O/c1-12(13(2)22)10-17(21-3)16-11-24-18-9-8-14-6-4-5-7-15(14)19(18)20(16)23;1-2-3/h5,7-9,11,17-19,22H,3-4,6,10H2,1-2H3;3H,2H2,1H3/b13-12+;. The highest BCUT2D eigenvalue weighted by Gasteiger charge is 2.41. The van der Waals surface area contributed by atoms with Crippen LogP contribution in [0.4, 0.5) is 0 Å². The van der Waals surface area contributed by atoms with Crippen molar-refractivity contribution in [1.82, 2.24) is 0 Å². The average molecular weight is 371 g/mol. The van der Waals surface area contributed by atoms with Gasteiger partial charge in [0.2, 0.25) is 0 Å². The first-order valence-corrected chi connectivity index (χ1v) is 9.34. The third kappa shape index (κ3) is 4.66. The molecule has 3 atom stereocenters. The van der Waals surface area contributed by atoms with Crippen LogP contribution < -0.4 is 0 Å². The summed E-state index contributed by atoms with van der Waals surface area (Å²) in [6.07, 6.45) is 12.0. The molecule has 27 heavy (non-hydrogen) atoms. The molecule has 0 spiro atoms. The van der Waals surface area contributed by atoms with Crippen molar-refractivity contribution in [3.8, 4) is 0 Å². The molecule has 0 fully saturated rings. The van der Waals surface area contributed by atoms with Crippen LogP contribution >= 0.6 is 0 Å². The Morgan fingerprint density at radius 1 is 1.41 bits per heavy atom. The summed E-state index contributed by atoms with van der Waals surface area (Å²) in [6.45, 7) is 9.02. The number of carbonyl (C=O) groups is 1. The number of aliphatic hydroxyl groups is 2. The van der Waals surface area contributed by atoms with E-state index in [4.69, 9.17) is 9.84 Å². The Balaban J connectivity index is 0.000000817. The summed E-state index contributed by atoms with van der Waals surface area (Å²) in [4.78, 5) is 17.3. The fraction of sp³-hybridized carbons (Fsp3) is 0.455. The number of allylic oxidation sites excluding steroid dienone is 5. The molecule has 1 heterocycles. The highest BCUT2D eigenvalue weighted by Crippen LogP contribution is 2.39. The molecule has 0 aromatic rings. The maximum atomic E-state index is 13.1. The van der Waals surface area contributed by atoms with E-state index in [0.717, 1.165) is 24.0 Å². The second-order valence-electron chi connectivity index (χ2n) is 6.88. The summed E-state index contributed by atoms with van der Waals surface area (Å²) >= 11 is 0. The normalized spacial score (nSPS) is 25.2. The number of rotatable bonds is 4. The first kappa shape index (κ1) is 20.9. The number of hydrogen-bond acceptors (Lipinski definition) is 5. The molecule has 0 radical (unpaired) electrons. The molecule has 146 valence electrons. The zero-order chi connectivity index (χ0) is 20.0. The van der Waals surface area contributed by atoms with E-state index in [0.29, 0.717) is 12.0 Å². The van der Waals surface area contributed by atoms with E-state index in [1.165, 1.54) is 11.8 Å². The first-order chi connectivity index (χ1) is 12.9. The molecule has 5 heteroatoms. The summed E-state index contributed by atoms with van der Waals surface area (Å²) in [5.74, 6) is 0.00728. The largest absolute Gasteiger partial charge is 0.513 e. The van der Waals surface area contributed by atoms with E-state index in [1.54, 1.807) is 13.8 Å². The zero-order valence-electron chi connectivity index (χ0n) is 16.3. The van der Waals surface area contributed by atoms with Gasteiger partial charge in [0.05, 0.1) is 29.6 Å². The van der Waals surface area contributed by atoms with Gasteiger partial charge in [-0.15, -0.1) is 0 Å². The number of ketones is 1. The number of fused-ring (bicyclic) bond motifs is 2. The minimum atomic E-state index is -0.400. The van der Waals surface area contributed by atoms with E-state index in [-0.39, 0.29) is 30.2 Å². The van der Waals surface area contributed by atoms with Crippen LogP contribution in [0.2, 0.25) is 0 Å². The van der Waals surface area contributed by atoms with Crippen LogP contribution in [0.3, 0.4) is 0 Å². The Hall–Kier alpha value is -2.40. The molecule has 0 aromatic carbocycles. The lowest BCUT2D eigenvalue weighted by Gasteiger charge is -2.35. The van der Waals surface area contributed by atoms with Crippen molar-refractivity contribution in [2.24, 2.45) is 10.9 Å². The minimum absolute atomic E-state index is 0.0513. The number of hydrogen-bond donors (Lipinski definition) is 2. The number of nitrogens with zero attached hydrogens (tertiary/aromatic N) is 1. The molecule has 0 amide bonds. The van der Waals surface area contributed by atoms with Crippen LogP contribution in [0.5, 0.6) is 0 Å². The third-order valence-corrected chi connectivity index (χ3v) is 5.01. The van der Waals surface area contributed by atoms with E-state index >= 15 is 0 Å². The molecule has 2 aliphatic carbocycles. The van der Waals surface area contributed by atoms with Crippen molar-refractivity contribution in [2.75, 3.05) is 6.61 Å². The third-order valence-electron chi connectivity index (χ3n) is 5.01. The maximum Gasteiger partial charge on any atom is 0.175 e. The van der Waals surface area contributed by atoms with Gasteiger partial charge in [0.1, 0.15) is 6.10 Å². The molecule has 5 nitrogen and oxygen atoms in total. The van der Waals surface area contributed by atoms with Crippen molar-refractivity contribution in [2.45, 2.75) is 52.2 Å². The summed E-state index contributed by atoms with van der Waals surface area (Å²) in [5, 5.41) is 17.2. The van der Waals surface area contributed by atoms with Gasteiger partial charge in [-0.25, -0.2) is 0 Å². The molecule has 2 N–H and O–H groups in total. The van der Waals surface area contributed by atoms with Gasteiger partial charge in [0.25, 0.3) is 0 Å². The Labute approximate surface area is 161 Å². The van der Waals surface area contributed by atoms with Crippen molar-refractivity contribution in [3.05, 3.63) is 58.6 Å². The van der Waals surface area contributed by atoms with Gasteiger partial charge in [-0.3, -0.25) is 9.79 Å². The van der Waals surface area contributed by atoms with Crippen molar-refractivity contribution < 1.29 is 19.7 Å². The number of carbonyl (C=O) groups excluding carboxylic acids is 1. The van der Waals surface area contributed by atoms with Gasteiger partial charge in [-0.2, -0.15) is 0 Å².